The number of ether oxygens (including phenoxy) is 1. The smallest absolute Gasteiger partial charge is 0.335 e. The van der Waals surface area contributed by atoms with Crippen LogP contribution < -0.4 is 0 Å². The molecule has 0 aliphatic carbocycles. The van der Waals surface area contributed by atoms with Gasteiger partial charge in [0, 0.05) is 6.42 Å². The summed E-state index contributed by atoms with van der Waals surface area (Å²) >= 11 is 0. The van der Waals surface area contributed by atoms with Crippen molar-refractivity contribution in [2.45, 2.75) is 25.6 Å². The molecule has 2 rings (SSSR count). The fourth-order valence-corrected chi connectivity index (χ4v) is 1.97. The number of rotatable bonds is 5. The van der Waals surface area contributed by atoms with Gasteiger partial charge in [-0.3, -0.25) is 0 Å². The first-order valence-electron chi connectivity index (χ1n) is 6.64. The van der Waals surface area contributed by atoms with Gasteiger partial charge in [0.15, 0.2) is 6.10 Å². The van der Waals surface area contributed by atoms with Crippen LogP contribution in [-0.4, -0.2) is 17.2 Å². The third-order valence-corrected chi connectivity index (χ3v) is 3.11. The Balaban J connectivity index is 1.91. The van der Waals surface area contributed by atoms with Gasteiger partial charge in [0.25, 0.3) is 0 Å². The molecular formula is C17H18O3. The number of carbonyl (C=O) groups excluding carboxylic acids is 1. The third-order valence-electron chi connectivity index (χ3n) is 3.11. The summed E-state index contributed by atoms with van der Waals surface area (Å²) in [6, 6.07) is 18.9. The molecule has 20 heavy (non-hydrogen) atoms. The van der Waals surface area contributed by atoms with E-state index in [-0.39, 0.29) is 12.5 Å². The van der Waals surface area contributed by atoms with Crippen LogP contribution in [0.3, 0.4) is 0 Å². The van der Waals surface area contributed by atoms with Crippen LogP contribution in [0.2, 0.25) is 0 Å². The molecule has 2 aromatic carbocycles. The van der Waals surface area contributed by atoms with E-state index in [9.17, 15) is 9.90 Å². The maximum atomic E-state index is 11.9. The molecule has 2 atom stereocenters. The Kier molecular flexibility index (Phi) is 4.91. The molecule has 0 heterocycles. The molecule has 0 aliphatic heterocycles. The van der Waals surface area contributed by atoms with Crippen LogP contribution in [0, 0.1) is 0 Å². The number of esters is 1. The Bertz CT molecular complexity index is 537. The van der Waals surface area contributed by atoms with Crippen LogP contribution >= 0.6 is 0 Å². The zero-order valence-corrected chi connectivity index (χ0v) is 11.4. The SMILES string of the molecule is CC(OC(=O)C(O)Cc1ccccc1)c1ccccc1. The molecule has 3 heteroatoms. The molecule has 2 unspecified atom stereocenters. The Hall–Kier alpha value is -2.13. The van der Waals surface area contributed by atoms with E-state index in [1.807, 2.05) is 60.7 Å². The summed E-state index contributed by atoms with van der Waals surface area (Å²) in [4.78, 5) is 11.9. The van der Waals surface area contributed by atoms with Crippen molar-refractivity contribution in [1.82, 2.24) is 0 Å². The summed E-state index contributed by atoms with van der Waals surface area (Å²) in [7, 11) is 0. The Morgan fingerprint density at radius 2 is 1.60 bits per heavy atom. The van der Waals surface area contributed by atoms with Crippen LogP contribution in [0.1, 0.15) is 24.2 Å². The van der Waals surface area contributed by atoms with E-state index < -0.39 is 12.1 Å². The average molecular weight is 270 g/mol. The second-order valence-corrected chi connectivity index (χ2v) is 4.70. The van der Waals surface area contributed by atoms with Gasteiger partial charge in [-0.15, -0.1) is 0 Å². The van der Waals surface area contributed by atoms with Gasteiger partial charge in [-0.1, -0.05) is 60.7 Å². The van der Waals surface area contributed by atoms with E-state index in [4.69, 9.17) is 4.74 Å². The lowest BCUT2D eigenvalue weighted by Crippen LogP contribution is -2.26. The third kappa shape index (κ3) is 3.93. The predicted molar refractivity (Wildman–Crippen MR) is 77.1 cm³/mol. The first-order chi connectivity index (χ1) is 9.66. The molecule has 0 radical (unpaired) electrons. The number of hydrogen-bond acceptors (Lipinski definition) is 3. The summed E-state index contributed by atoms with van der Waals surface area (Å²) in [6.07, 6.45) is -1.24. The molecule has 104 valence electrons. The zero-order chi connectivity index (χ0) is 14.4. The largest absolute Gasteiger partial charge is 0.456 e. The number of hydrogen-bond donors (Lipinski definition) is 1. The molecular weight excluding hydrogens is 252 g/mol. The Morgan fingerprint density at radius 3 is 2.20 bits per heavy atom. The van der Waals surface area contributed by atoms with Gasteiger partial charge < -0.3 is 9.84 Å². The summed E-state index contributed by atoms with van der Waals surface area (Å²) in [5.41, 5.74) is 1.82. The zero-order valence-electron chi connectivity index (χ0n) is 11.4. The Morgan fingerprint density at radius 1 is 1.05 bits per heavy atom. The van der Waals surface area contributed by atoms with Crippen molar-refractivity contribution < 1.29 is 14.6 Å². The fourth-order valence-electron chi connectivity index (χ4n) is 1.97. The predicted octanol–water partition coefficient (Wildman–Crippen LogP) is 2.89. The van der Waals surface area contributed by atoms with Crippen molar-refractivity contribution in [2.75, 3.05) is 0 Å². The van der Waals surface area contributed by atoms with Gasteiger partial charge in [-0.2, -0.15) is 0 Å². The lowest BCUT2D eigenvalue weighted by molar-refractivity contribution is -0.158. The van der Waals surface area contributed by atoms with Crippen molar-refractivity contribution >= 4 is 5.97 Å². The van der Waals surface area contributed by atoms with Gasteiger partial charge in [0.05, 0.1) is 0 Å². The van der Waals surface area contributed by atoms with Crippen LogP contribution in [0.5, 0.6) is 0 Å². The minimum Gasteiger partial charge on any atom is -0.456 e. The molecule has 0 saturated heterocycles. The standard InChI is InChI=1S/C17H18O3/c1-13(15-10-6-3-7-11-15)20-17(19)16(18)12-14-8-4-2-5-9-14/h2-11,13,16,18H,12H2,1H3. The van der Waals surface area contributed by atoms with Crippen molar-refractivity contribution in [3.8, 4) is 0 Å². The molecule has 3 nitrogen and oxygen atoms in total. The minimum atomic E-state index is -1.14. The molecule has 0 fully saturated rings. The molecule has 1 N–H and O–H groups in total. The van der Waals surface area contributed by atoms with Gasteiger partial charge in [-0.25, -0.2) is 4.79 Å². The van der Waals surface area contributed by atoms with Crippen molar-refractivity contribution in [3.05, 3.63) is 71.8 Å². The molecule has 0 spiro atoms. The first-order valence-corrected chi connectivity index (χ1v) is 6.64. The first kappa shape index (κ1) is 14.3. The van der Waals surface area contributed by atoms with E-state index in [1.165, 1.54) is 0 Å². The highest BCUT2D eigenvalue weighted by atomic mass is 16.6. The van der Waals surface area contributed by atoms with Crippen LogP contribution in [0.15, 0.2) is 60.7 Å². The maximum Gasteiger partial charge on any atom is 0.335 e. The summed E-state index contributed by atoms with van der Waals surface area (Å²) in [5.74, 6) is -0.592. The number of aliphatic hydroxyl groups is 1. The highest BCUT2D eigenvalue weighted by molar-refractivity contribution is 5.75. The van der Waals surface area contributed by atoms with Crippen LogP contribution in [-0.2, 0) is 16.0 Å². The lowest BCUT2D eigenvalue weighted by atomic mass is 10.1. The second kappa shape index (κ2) is 6.87. The molecule has 0 aromatic heterocycles. The normalized spacial score (nSPS) is 13.5. The summed E-state index contributed by atoms with van der Waals surface area (Å²) in [6.45, 7) is 1.79. The average Bonchev–Trinajstić information content (AvgIpc) is 2.49. The summed E-state index contributed by atoms with van der Waals surface area (Å²) in [5, 5.41) is 9.89. The van der Waals surface area contributed by atoms with E-state index in [0.717, 1.165) is 11.1 Å². The minimum absolute atomic E-state index is 0.265. The van der Waals surface area contributed by atoms with Crippen molar-refractivity contribution in [1.29, 1.82) is 0 Å². The van der Waals surface area contributed by atoms with Crippen molar-refractivity contribution in [2.24, 2.45) is 0 Å². The topological polar surface area (TPSA) is 46.5 Å². The monoisotopic (exact) mass is 270 g/mol. The van der Waals surface area contributed by atoms with Crippen LogP contribution in [0.4, 0.5) is 0 Å². The highest BCUT2D eigenvalue weighted by Crippen LogP contribution is 2.17. The second-order valence-electron chi connectivity index (χ2n) is 4.70. The summed E-state index contributed by atoms with van der Waals surface area (Å²) < 4.78 is 5.28. The molecule has 0 aliphatic rings. The highest BCUT2D eigenvalue weighted by Gasteiger charge is 2.20. The maximum absolute atomic E-state index is 11.9. The fraction of sp³-hybridized carbons (Fsp3) is 0.235. The number of benzene rings is 2. The number of aliphatic hydroxyl groups excluding tert-OH is 1. The van der Waals surface area contributed by atoms with Gasteiger partial charge in [0.2, 0.25) is 0 Å². The Labute approximate surface area is 118 Å². The lowest BCUT2D eigenvalue weighted by Gasteiger charge is -2.16. The van der Waals surface area contributed by atoms with Crippen LogP contribution in [0.25, 0.3) is 0 Å². The van der Waals surface area contributed by atoms with E-state index >= 15 is 0 Å². The molecule has 0 bridgehead atoms. The van der Waals surface area contributed by atoms with Gasteiger partial charge in [-0.05, 0) is 18.1 Å². The van der Waals surface area contributed by atoms with Crippen molar-refractivity contribution in [3.63, 3.8) is 0 Å². The molecule has 0 amide bonds. The molecule has 0 saturated carbocycles. The van der Waals surface area contributed by atoms with Gasteiger partial charge >= 0.3 is 5.97 Å². The van der Waals surface area contributed by atoms with E-state index in [2.05, 4.69) is 0 Å². The van der Waals surface area contributed by atoms with E-state index in [1.54, 1.807) is 6.92 Å². The van der Waals surface area contributed by atoms with Gasteiger partial charge in [0.1, 0.15) is 6.10 Å². The number of carbonyl (C=O) groups is 1. The van der Waals surface area contributed by atoms with E-state index in [0.29, 0.717) is 0 Å². The quantitative estimate of drug-likeness (QED) is 0.850. The molecule has 2 aromatic rings.